The highest BCUT2D eigenvalue weighted by Gasteiger charge is 2.16. The summed E-state index contributed by atoms with van der Waals surface area (Å²) in [5.74, 6) is 1.34. The predicted octanol–water partition coefficient (Wildman–Crippen LogP) is 1.40. The van der Waals surface area contributed by atoms with Crippen molar-refractivity contribution in [2.45, 2.75) is 6.54 Å². The number of rotatable bonds is 6. The van der Waals surface area contributed by atoms with Crippen LogP contribution >= 0.6 is 11.3 Å². The zero-order valence-electron chi connectivity index (χ0n) is 16.0. The first-order valence-electron chi connectivity index (χ1n) is 8.31. The van der Waals surface area contributed by atoms with Gasteiger partial charge < -0.3 is 15.1 Å². The number of thiophene rings is 1. The lowest BCUT2D eigenvalue weighted by Crippen LogP contribution is -2.27. The fourth-order valence-electron chi connectivity index (χ4n) is 2.35. The molecule has 10 heteroatoms. The molecule has 0 bridgehead atoms. The van der Waals surface area contributed by atoms with Crippen LogP contribution in [0.1, 0.15) is 16.3 Å². The van der Waals surface area contributed by atoms with E-state index in [1.54, 1.807) is 38.9 Å². The fraction of sp³-hybridized carbons (Fsp3) is 0.353. The molecule has 142 valence electrons. The molecule has 3 aromatic rings. The van der Waals surface area contributed by atoms with Gasteiger partial charge in [0.05, 0.1) is 11.4 Å². The van der Waals surface area contributed by atoms with Crippen molar-refractivity contribution in [1.29, 1.82) is 0 Å². The number of aryl methyl sites for hydroxylation is 1. The van der Waals surface area contributed by atoms with Crippen molar-refractivity contribution >= 4 is 29.1 Å². The van der Waals surface area contributed by atoms with E-state index in [9.17, 15) is 4.79 Å². The molecule has 0 unspecified atom stereocenters. The lowest BCUT2D eigenvalue weighted by Gasteiger charge is -2.16. The van der Waals surface area contributed by atoms with Gasteiger partial charge in [-0.25, -0.2) is 0 Å². The van der Waals surface area contributed by atoms with Crippen molar-refractivity contribution in [3.05, 3.63) is 35.1 Å². The third-order valence-electron chi connectivity index (χ3n) is 3.75. The van der Waals surface area contributed by atoms with Crippen molar-refractivity contribution in [2.75, 3.05) is 38.0 Å². The summed E-state index contributed by atoms with van der Waals surface area (Å²) in [6.45, 7) is 0.197. The van der Waals surface area contributed by atoms with Crippen LogP contribution in [0.5, 0.6) is 0 Å². The molecule has 3 heterocycles. The first kappa shape index (κ1) is 18.8. The Bertz CT molecular complexity index is 906. The third-order valence-corrected chi connectivity index (χ3v) is 4.64. The Balaban J connectivity index is 1.76. The molecule has 0 aliphatic rings. The van der Waals surface area contributed by atoms with Crippen molar-refractivity contribution < 1.29 is 4.79 Å². The van der Waals surface area contributed by atoms with Gasteiger partial charge in [0.1, 0.15) is 11.4 Å². The average molecular weight is 386 g/mol. The van der Waals surface area contributed by atoms with Crippen LogP contribution in [-0.2, 0) is 13.6 Å². The van der Waals surface area contributed by atoms with Gasteiger partial charge in [0.15, 0.2) is 5.82 Å². The highest BCUT2D eigenvalue weighted by atomic mass is 32.1. The van der Waals surface area contributed by atoms with Gasteiger partial charge in [-0.05, 0) is 17.5 Å². The molecule has 1 N–H and O–H groups in total. The van der Waals surface area contributed by atoms with Crippen LogP contribution in [0.3, 0.4) is 0 Å². The van der Waals surface area contributed by atoms with E-state index in [-0.39, 0.29) is 12.5 Å². The smallest absolute Gasteiger partial charge is 0.269 e. The standard InChI is InChI=1S/C17H22N8OS/c1-23(2)16-19-14(20-17(21-16)24(3)4)10-18-15(26)12-9-11(22-25(12)5)13-7-6-8-27-13/h6-9H,10H2,1-5H3,(H,18,26). The second-order valence-corrected chi connectivity index (χ2v) is 7.29. The topological polar surface area (TPSA) is 92.1 Å². The molecule has 0 radical (unpaired) electrons. The average Bonchev–Trinajstić information content (AvgIpc) is 3.28. The van der Waals surface area contributed by atoms with Crippen LogP contribution in [0.2, 0.25) is 0 Å². The first-order chi connectivity index (χ1) is 12.8. The van der Waals surface area contributed by atoms with Crippen LogP contribution in [0.25, 0.3) is 10.6 Å². The monoisotopic (exact) mass is 386 g/mol. The van der Waals surface area contributed by atoms with Crippen LogP contribution in [0, 0.1) is 0 Å². The number of nitrogens with zero attached hydrogens (tertiary/aromatic N) is 7. The van der Waals surface area contributed by atoms with E-state index in [1.165, 1.54) is 0 Å². The summed E-state index contributed by atoms with van der Waals surface area (Å²) in [7, 11) is 9.19. The highest BCUT2D eigenvalue weighted by Crippen LogP contribution is 2.23. The Morgan fingerprint density at radius 2 is 1.81 bits per heavy atom. The Labute approximate surface area is 161 Å². The SMILES string of the molecule is CN(C)c1nc(CNC(=O)c2cc(-c3cccs3)nn2C)nc(N(C)C)n1. The Morgan fingerprint density at radius 3 is 2.37 bits per heavy atom. The molecule has 0 saturated heterocycles. The molecular weight excluding hydrogens is 364 g/mol. The Hall–Kier alpha value is -3.01. The molecule has 0 aliphatic heterocycles. The summed E-state index contributed by atoms with van der Waals surface area (Å²) in [5.41, 5.74) is 1.26. The second-order valence-electron chi connectivity index (χ2n) is 6.34. The van der Waals surface area contributed by atoms with E-state index >= 15 is 0 Å². The molecule has 0 aromatic carbocycles. The summed E-state index contributed by atoms with van der Waals surface area (Å²) in [5, 5.41) is 9.26. The number of nitrogens with one attached hydrogen (secondary N) is 1. The Kier molecular flexibility index (Phi) is 5.36. The quantitative estimate of drug-likeness (QED) is 0.684. The molecule has 1 amide bonds. The minimum absolute atomic E-state index is 0.197. The molecule has 9 nitrogen and oxygen atoms in total. The normalized spacial score (nSPS) is 10.7. The fourth-order valence-corrected chi connectivity index (χ4v) is 3.03. The van der Waals surface area contributed by atoms with Crippen molar-refractivity contribution in [3.8, 4) is 10.6 Å². The summed E-state index contributed by atoms with van der Waals surface area (Å²) < 4.78 is 1.58. The van der Waals surface area contributed by atoms with Crippen molar-refractivity contribution in [1.82, 2.24) is 30.0 Å². The number of carbonyl (C=O) groups excluding carboxylic acids is 1. The number of hydrogen-bond acceptors (Lipinski definition) is 8. The van der Waals surface area contributed by atoms with E-state index in [4.69, 9.17) is 0 Å². The lowest BCUT2D eigenvalue weighted by atomic mass is 10.3. The van der Waals surface area contributed by atoms with Gasteiger partial charge in [0, 0.05) is 35.2 Å². The number of amides is 1. The van der Waals surface area contributed by atoms with E-state index in [0.717, 1.165) is 10.6 Å². The number of aromatic nitrogens is 5. The van der Waals surface area contributed by atoms with Gasteiger partial charge in [-0.3, -0.25) is 9.48 Å². The van der Waals surface area contributed by atoms with Gasteiger partial charge in [-0.15, -0.1) is 11.3 Å². The molecule has 0 fully saturated rings. The van der Waals surface area contributed by atoms with Crippen LogP contribution < -0.4 is 15.1 Å². The summed E-state index contributed by atoms with van der Waals surface area (Å²) in [6.07, 6.45) is 0. The molecule has 0 atom stereocenters. The molecular formula is C17H22N8OS. The largest absolute Gasteiger partial charge is 0.347 e. The minimum Gasteiger partial charge on any atom is -0.347 e. The molecule has 3 rings (SSSR count). The molecule has 3 aromatic heterocycles. The summed E-state index contributed by atoms with van der Waals surface area (Å²) >= 11 is 1.58. The highest BCUT2D eigenvalue weighted by molar-refractivity contribution is 7.13. The maximum atomic E-state index is 12.6. The van der Waals surface area contributed by atoms with Gasteiger partial charge >= 0.3 is 0 Å². The third kappa shape index (κ3) is 4.22. The van der Waals surface area contributed by atoms with Gasteiger partial charge in [0.2, 0.25) is 11.9 Å². The minimum atomic E-state index is -0.231. The van der Waals surface area contributed by atoms with Crippen LogP contribution in [-0.4, -0.2) is 58.8 Å². The van der Waals surface area contributed by atoms with E-state index < -0.39 is 0 Å². The van der Waals surface area contributed by atoms with E-state index in [0.29, 0.717) is 23.4 Å². The lowest BCUT2D eigenvalue weighted by molar-refractivity contribution is 0.0940. The second kappa shape index (κ2) is 7.70. The first-order valence-corrected chi connectivity index (χ1v) is 9.19. The number of anilines is 2. The number of hydrogen-bond donors (Lipinski definition) is 1. The van der Waals surface area contributed by atoms with E-state index in [2.05, 4.69) is 25.4 Å². The maximum Gasteiger partial charge on any atom is 0.269 e. The molecule has 27 heavy (non-hydrogen) atoms. The molecule has 0 aliphatic carbocycles. The van der Waals surface area contributed by atoms with Gasteiger partial charge in [-0.1, -0.05) is 6.07 Å². The molecule has 0 saturated carbocycles. The van der Waals surface area contributed by atoms with Crippen LogP contribution in [0.15, 0.2) is 23.6 Å². The van der Waals surface area contributed by atoms with E-state index in [1.807, 2.05) is 45.7 Å². The Morgan fingerprint density at radius 1 is 1.15 bits per heavy atom. The van der Waals surface area contributed by atoms with Gasteiger partial charge in [-0.2, -0.15) is 20.1 Å². The zero-order valence-corrected chi connectivity index (χ0v) is 16.8. The molecule has 0 spiro atoms. The predicted molar refractivity (Wildman–Crippen MR) is 106 cm³/mol. The summed E-state index contributed by atoms with van der Waals surface area (Å²) in [4.78, 5) is 30.4. The van der Waals surface area contributed by atoms with Crippen molar-refractivity contribution in [2.24, 2.45) is 7.05 Å². The zero-order chi connectivity index (χ0) is 19.6. The maximum absolute atomic E-state index is 12.6. The number of carbonyl (C=O) groups is 1. The summed E-state index contributed by atoms with van der Waals surface area (Å²) in [6, 6.07) is 5.72. The van der Waals surface area contributed by atoms with Gasteiger partial charge in [0.25, 0.3) is 5.91 Å². The van der Waals surface area contributed by atoms with Crippen LogP contribution in [0.4, 0.5) is 11.9 Å². The van der Waals surface area contributed by atoms with Crippen molar-refractivity contribution in [3.63, 3.8) is 0 Å².